The molecule has 100 valence electrons. The Kier molecular flexibility index (Phi) is 4.18. The lowest BCUT2D eigenvalue weighted by Gasteiger charge is -2.08. The summed E-state index contributed by atoms with van der Waals surface area (Å²) in [6, 6.07) is 8.73. The van der Waals surface area contributed by atoms with Crippen LogP contribution in [0.4, 0.5) is 0 Å². The quantitative estimate of drug-likeness (QED) is 0.808. The monoisotopic (exact) mass is 261 g/mol. The van der Waals surface area contributed by atoms with Gasteiger partial charge in [0.1, 0.15) is 5.75 Å². The fraction of sp³-hybridized carbons (Fsp3) is 0.286. The summed E-state index contributed by atoms with van der Waals surface area (Å²) in [5, 5.41) is 12.3. The van der Waals surface area contributed by atoms with Crippen molar-refractivity contribution in [2.24, 2.45) is 0 Å². The fourth-order valence-electron chi connectivity index (χ4n) is 1.63. The largest absolute Gasteiger partial charge is 0.493 e. The van der Waals surface area contributed by atoms with Gasteiger partial charge >= 0.3 is 5.97 Å². The van der Waals surface area contributed by atoms with Gasteiger partial charge in [-0.05, 0) is 18.6 Å². The zero-order valence-electron chi connectivity index (χ0n) is 10.6. The standard InChI is InChI=1S/C14H15NO4/c1-2-3-8-18-12-7-5-4-6-10(12)13-9-11(14(16)17)15-19-13/h4-7,9H,2-3,8H2,1H3,(H,16,17). The van der Waals surface area contributed by atoms with E-state index < -0.39 is 5.97 Å². The van der Waals surface area contributed by atoms with E-state index in [1.165, 1.54) is 6.07 Å². The van der Waals surface area contributed by atoms with Gasteiger partial charge < -0.3 is 14.4 Å². The van der Waals surface area contributed by atoms with Gasteiger partial charge in [0.25, 0.3) is 0 Å². The predicted molar refractivity (Wildman–Crippen MR) is 69.3 cm³/mol. The Bertz CT molecular complexity index is 562. The second-order valence-corrected chi connectivity index (χ2v) is 4.08. The number of benzene rings is 1. The van der Waals surface area contributed by atoms with Crippen molar-refractivity contribution in [2.75, 3.05) is 6.61 Å². The predicted octanol–water partition coefficient (Wildman–Crippen LogP) is 3.22. The lowest BCUT2D eigenvalue weighted by Crippen LogP contribution is -1.97. The highest BCUT2D eigenvalue weighted by Crippen LogP contribution is 2.30. The molecule has 0 bridgehead atoms. The van der Waals surface area contributed by atoms with Crippen LogP contribution in [0.15, 0.2) is 34.9 Å². The number of carboxylic acid groups (broad SMARTS) is 1. The van der Waals surface area contributed by atoms with E-state index in [1.54, 1.807) is 0 Å². The minimum absolute atomic E-state index is 0.113. The number of carbonyl (C=O) groups is 1. The number of unbranched alkanes of at least 4 members (excludes halogenated alkanes) is 1. The SMILES string of the molecule is CCCCOc1ccccc1-c1cc(C(=O)O)no1. The van der Waals surface area contributed by atoms with Gasteiger partial charge in [0.15, 0.2) is 11.5 Å². The summed E-state index contributed by atoms with van der Waals surface area (Å²) in [4.78, 5) is 10.8. The second kappa shape index (κ2) is 6.04. The summed E-state index contributed by atoms with van der Waals surface area (Å²) in [7, 11) is 0. The molecule has 19 heavy (non-hydrogen) atoms. The highest BCUT2D eigenvalue weighted by atomic mass is 16.5. The molecule has 0 unspecified atom stereocenters. The third-order valence-electron chi connectivity index (χ3n) is 2.64. The molecule has 0 saturated carbocycles. The Morgan fingerprint density at radius 3 is 2.89 bits per heavy atom. The van der Waals surface area contributed by atoms with Crippen LogP contribution < -0.4 is 4.74 Å². The van der Waals surface area contributed by atoms with Crippen LogP contribution in [0.2, 0.25) is 0 Å². The van der Waals surface area contributed by atoms with Gasteiger partial charge in [-0.25, -0.2) is 4.79 Å². The number of aromatic nitrogens is 1. The van der Waals surface area contributed by atoms with Gasteiger partial charge in [-0.2, -0.15) is 0 Å². The molecular weight excluding hydrogens is 246 g/mol. The van der Waals surface area contributed by atoms with E-state index in [4.69, 9.17) is 14.4 Å². The molecule has 0 aliphatic carbocycles. The first-order chi connectivity index (χ1) is 9.22. The van der Waals surface area contributed by atoms with E-state index in [9.17, 15) is 4.79 Å². The van der Waals surface area contributed by atoms with Gasteiger partial charge in [0.05, 0.1) is 12.2 Å². The van der Waals surface area contributed by atoms with Crippen molar-refractivity contribution in [1.82, 2.24) is 5.16 Å². The maximum absolute atomic E-state index is 10.8. The number of hydrogen-bond donors (Lipinski definition) is 1. The maximum Gasteiger partial charge on any atom is 0.358 e. The molecule has 2 aromatic rings. The van der Waals surface area contributed by atoms with E-state index >= 15 is 0 Å². The molecule has 2 rings (SSSR count). The molecular formula is C14H15NO4. The van der Waals surface area contributed by atoms with Crippen LogP contribution in [-0.2, 0) is 0 Å². The van der Waals surface area contributed by atoms with Crippen LogP contribution in [0, 0.1) is 0 Å². The van der Waals surface area contributed by atoms with E-state index in [-0.39, 0.29) is 5.69 Å². The Labute approximate surface area is 110 Å². The molecule has 0 radical (unpaired) electrons. The Morgan fingerprint density at radius 1 is 1.42 bits per heavy atom. The van der Waals surface area contributed by atoms with E-state index in [0.29, 0.717) is 23.7 Å². The smallest absolute Gasteiger partial charge is 0.358 e. The average Bonchev–Trinajstić information content (AvgIpc) is 2.89. The van der Waals surface area contributed by atoms with Crippen molar-refractivity contribution < 1.29 is 19.2 Å². The van der Waals surface area contributed by atoms with E-state index in [1.807, 2.05) is 24.3 Å². The zero-order chi connectivity index (χ0) is 13.7. The first kappa shape index (κ1) is 13.1. The summed E-state index contributed by atoms with van der Waals surface area (Å²) in [6.07, 6.45) is 2.01. The maximum atomic E-state index is 10.8. The van der Waals surface area contributed by atoms with Crippen molar-refractivity contribution in [1.29, 1.82) is 0 Å². The van der Waals surface area contributed by atoms with Crippen molar-refractivity contribution in [2.45, 2.75) is 19.8 Å². The summed E-state index contributed by atoms with van der Waals surface area (Å²) in [6.45, 7) is 2.71. The molecule has 0 spiro atoms. The van der Waals surface area contributed by atoms with Gasteiger partial charge in [0, 0.05) is 6.07 Å². The highest BCUT2D eigenvalue weighted by Gasteiger charge is 2.15. The van der Waals surface area contributed by atoms with Crippen LogP contribution in [0.3, 0.4) is 0 Å². The molecule has 0 aliphatic rings. The van der Waals surface area contributed by atoms with Crippen LogP contribution in [0.1, 0.15) is 30.3 Å². The topological polar surface area (TPSA) is 72.6 Å². The summed E-state index contributed by atoms with van der Waals surface area (Å²) in [5.74, 6) is -0.0482. The van der Waals surface area contributed by atoms with Gasteiger partial charge in [-0.15, -0.1) is 0 Å². The summed E-state index contributed by atoms with van der Waals surface area (Å²) in [5.41, 5.74) is 0.594. The Balaban J connectivity index is 2.25. The summed E-state index contributed by atoms with van der Waals surface area (Å²) < 4.78 is 10.7. The molecule has 1 aromatic carbocycles. The average molecular weight is 261 g/mol. The van der Waals surface area contributed by atoms with Crippen molar-refractivity contribution in [3.63, 3.8) is 0 Å². The lowest BCUT2D eigenvalue weighted by atomic mass is 10.1. The first-order valence-electron chi connectivity index (χ1n) is 6.14. The highest BCUT2D eigenvalue weighted by molar-refractivity contribution is 5.86. The number of para-hydroxylation sites is 1. The molecule has 0 fully saturated rings. The number of ether oxygens (including phenoxy) is 1. The molecule has 0 aliphatic heterocycles. The molecule has 0 saturated heterocycles. The van der Waals surface area contributed by atoms with Gasteiger partial charge in [0.2, 0.25) is 0 Å². The minimum atomic E-state index is -1.11. The molecule has 5 nitrogen and oxygen atoms in total. The lowest BCUT2D eigenvalue weighted by molar-refractivity contribution is 0.0686. The fourth-order valence-corrected chi connectivity index (χ4v) is 1.63. The van der Waals surface area contributed by atoms with Gasteiger partial charge in [-0.3, -0.25) is 0 Å². The second-order valence-electron chi connectivity index (χ2n) is 4.08. The zero-order valence-corrected chi connectivity index (χ0v) is 10.6. The van der Waals surface area contributed by atoms with Crippen LogP contribution in [0.25, 0.3) is 11.3 Å². The molecule has 1 N–H and O–H groups in total. The Hall–Kier alpha value is -2.30. The minimum Gasteiger partial charge on any atom is -0.493 e. The van der Waals surface area contributed by atoms with E-state index in [0.717, 1.165) is 12.8 Å². The third kappa shape index (κ3) is 3.13. The summed E-state index contributed by atoms with van der Waals surface area (Å²) >= 11 is 0. The number of carboxylic acids is 1. The van der Waals surface area contributed by atoms with E-state index in [2.05, 4.69) is 12.1 Å². The normalized spacial score (nSPS) is 10.4. The first-order valence-corrected chi connectivity index (χ1v) is 6.14. The third-order valence-corrected chi connectivity index (χ3v) is 2.64. The molecule has 0 atom stereocenters. The molecule has 0 amide bonds. The number of aromatic carboxylic acids is 1. The van der Waals surface area contributed by atoms with Crippen molar-refractivity contribution >= 4 is 5.97 Å². The molecule has 1 aromatic heterocycles. The number of rotatable bonds is 6. The van der Waals surface area contributed by atoms with Crippen molar-refractivity contribution in [3.8, 4) is 17.1 Å². The van der Waals surface area contributed by atoms with Crippen LogP contribution in [-0.4, -0.2) is 22.8 Å². The number of hydrogen-bond acceptors (Lipinski definition) is 4. The van der Waals surface area contributed by atoms with Crippen LogP contribution in [0.5, 0.6) is 5.75 Å². The molecule has 5 heteroatoms. The van der Waals surface area contributed by atoms with Gasteiger partial charge in [-0.1, -0.05) is 30.6 Å². The number of nitrogens with zero attached hydrogens (tertiary/aromatic N) is 1. The van der Waals surface area contributed by atoms with Crippen molar-refractivity contribution in [3.05, 3.63) is 36.0 Å². The molecule has 1 heterocycles. The van der Waals surface area contributed by atoms with Crippen LogP contribution >= 0.6 is 0 Å². The Morgan fingerprint density at radius 2 is 2.21 bits per heavy atom.